The Morgan fingerprint density at radius 1 is 1.10 bits per heavy atom. The molecule has 8 nitrogen and oxygen atoms in total. The highest BCUT2D eigenvalue weighted by molar-refractivity contribution is 6.11. The van der Waals surface area contributed by atoms with E-state index in [1.165, 1.54) is 0 Å². The van der Waals surface area contributed by atoms with Crippen molar-refractivity contribution in [3.63, 3.8) is 0 Å². The van der Waals surface area contributed by atoms with Gasteiger partial charge in [0.25, 0.3) is 5.91 Å². The Bertz CT molecular complexity index is 1100. The Morgan fingerprint density at radius 2 is 1.84 bits per heavy atom. The van der Waals surface area contributed by atoms with Crippen molar-refractivity contribution in [3.8, 4) is 0 Å². The molecule has 31 heavy (non-hydrogen) atoms. The second kappa shape index (κ2) is 7.86. The van der Waals surface area contributed by atoms with Gasteiger partial charge < -0.3 is 10.6 Å². The molecule has 0 saturated carbocycles. The van der Waals surface area contributed by atoms with Gasteiger partial charge in [-0.15, -0.1) is 0 Å². The normalized spacial score (nSPS) is 19.7. The number of rotatable bonds is 3. The first-order valence-corrected chi connectivity index (χ1v) is 10.2. The van der Waals surface area contributed by atoms with Gasteiger partial charge in [-0.3, -0.25) is 19.8 Å². The second-order valence-corrected chi connectivity index (χ2v) is 8.17. The number of nitrogens with one attached hydrogen (secondary N) is 3. The van der Waals surface area contributed by atoms with Gasteiger partial charge in [0.2, 0.25) is 5.91 Å². The van der Waals surface area contributed by atoms with Crippen LogP contribution in [0, 0.1) is 13.8 Å². The van der Waals surface area contributed by atoms with Crippen LogP contribution in [-0.2, 0) is 22.4 Å². The van der Waals surface area contributed by atoms with Crippen LogP contribution in [-0.4, -0.2) is 40.9 Å². The predicted molar refractivity (Wildman–Crippen MR) is 115 cm³/mol. The molecule has 8 heteroatoms. The smallest absolute Gasteiger partial charge is 0.323 e. The summed E-state index contributed by atoms with van der Waals surface area (Å²) in [5, 5.41) is 7.57. The lowest BCUT2D eigenvalue weighted by Crippen LogP contribution is -2.51. The fourth-order valence-electron chi connectivity index (χ4n) is 4.26. The average molecular weight is 420 g/mol. The van der Waals surface area contributed by atoms with Crippen molar-refractivity contribution in [3.05, 3.63) is 64.7 Å². The van der Waals surface area contributed by atoms with Crippen LogP contribution < -0.4 is 16.0 Å². The summed E-state index contributed by atoms with van der Waals surface area (Å²) >= 11 is 0. The van der Waals surface area contributed by atoms with E-state index in [1.807, 2.05) is 50.2 Å². The van der Waals surface area contributed by atoms with Crippen molar-refractivity contribution >= 4 is 29.6 Å². The van der Waals surface area contributed by atoms with Crippen LogP contribution in [0.25, 0.3) is 0 Å². The Labute approximate surface area is 180 Å². The minimum atomic E-state index is -1.03. The molecule has 3 N–H and O–H groups in total. The maximum atomic E-state index is 13.1. The van der Waals surface area contributed by atoms with E-state index >= 15 is 0 Å². The van der Waals surface area contributed by atoms with E-state index in [2.05, 4.69) is 16.0 Å². The molecule has 1 spiro atoms. The molecule has 2 aromatic carbocycles. The molecule has 1 aliphatic carbocycles. The fourth-order valence-corrected chi connectivity index (χ4v) is 4.26. The zero-order valence-corrected chi connectivity index (χ0v) is 17.5. The third-order valence-corrected chi connectivity index (χ3v) is 5.86. The number of benzene rings is 2. The van der Waals surface area contributed by atoms with Gasteiger partial charge in [-0.05, 0) is 49.4 Å². The molecule has 1 unspecified atom stereocenters. The van der Waals surface area contributed by atoms with E-state index in [-0.39, 0.29) is 0 Å². The number of imide groups is 2. The highest BCUT2D eigenvalue weighted by Gasteiger charge is 2.52. The molecule has 1 fully saturated rings. The molecule has 0 bridgehead atoms. The van der Waals surface area contributed by atoms with E-state index in [4.69, 9.17) is 0 Å². The molecule has 0 radical (unpaired) electrons. The standard InChI is InChI=1S/C23H24N4O4/c1-14-7-8-18(15(2)11-14)24-21(30)25-19(28)13-27-20(29)23(26-22(27)31)10-9-16-5-3-4-6-17(16)12-23/h3-8,11H,9-10,12-13H2,1-2H3,(H,26,31)(H2,24,25,28,30). The van der Waals surface area contributed by atoms with Crippen molar-refractivity contribution in [1.29, 1.82) is 0 Å². The largest absolute Gasteiger partial charge is 0.325 e. The van der Waals surface area contributed by atoms with Crippen molar-refractivity contribution in [2.75, 3.05) is 11.9 Å². The predicted octanol–water partition coefficient (Wildman–Crippen LogP) is 2.43. The zero-order chi connectivity index (χ0) is 22.2. The Hall–Kier alpha value is -3.68. The molecule has 1 aliphatic heterocycles. The Kier molecular flexibility index (Phi) is 5.22. The highest BCUT2D eigenvalue weighted by atomic mass is 16.2. The van der Waals surface area contributed by atoms with E-state index in [0.717, 1.165) is 27.2 Å². The van der Waals surface area contributed by atoms with Crippen molar-refractivity contribution in [2.45, 2.75) is 38.6 Å². The second-order valence-electron chi connectivity index (χ2n) is 8.17. The van der Waals surface area contributed by atoms with E-state index < -0.39 is 36.0 Å². The molecule has 6 amide bonds. The first-order valence-electron chi connectivity index (χ1n) is 10.2. The molecule has 1 atom stereocenters. The summed E-state index contributed by atoms with van der Waals surface area (Å²) in [4.78, 5) is 50.9. The van der Waals surface area contributed by atoms with Gasteiger partial charge in [0.15, 0.2) is 0 Å². The summed E-state index contributed by atoms with van der Waals surface area (Å²) in [6, 6.07) is 12.0. The number of urea groups is 2. The zero-order valence-electron chi connectivity index (χ0n) is 17.5. The van der Waals surface area contributed by atoms with Crippen LogP contribution in [0.4, 0.5) is 15.3 Å². The van der Waals surface area contributed by atoms with Gasteiger partial charge >= 0.3 is 12.1 Å². The van der Waals surface area contributed by atoms with Gasteiger partial charge in [-0.2, -0.15) is 0 Å². The maximum absolute atomic E-state index is 13.1. The van der Waals surface area contributed by atoms with Crippen LogP contribution >= 0.6 is 0 Å². The molecular formula is C23H24N4O4. The summed E-state index contributed by atoms with van der Waals surface area (Å²) in [5.41, 5.74) is 3.63. The summed E-state index contributed by atoms with van der Waals surface area (Å²) in [5.74, 6) is -1.17. The number of anilines is 1. The van der Waals surface area contributed by atoms with Crippen molar-refractivity contribution in [2.24, 2.45) is 0 Å². The lowest BCUT2D eigenvalue weighted by Gasteiger charge is -2.32. The number of hydrogen-bond donors (Lipinski definition) is 3. The highest BCUT2D eigenvalue weighted by Crippen LogP contribution is 2.33. The minimum absolute atomic E-state index is 0.388. The lowest BCUT2D eigenvalue weighted by atomic mass is 9.78. The van der Waals surface area contributed by atoms with Crippen LogP contribution in [0.1, 0.15) is 28.7 Å². The van der Waals surface area contributed by atoms with Gasteiger partial charge in [-0.25, -0.2) is 9.59 Å². The first kappa shape index (κ1) is 20.6. The fraction of sp³-hybridized carbons (Fsp3) is 0.304. The number of nitrogens with zero attached hydrogens (tertiary/aromatic N) is 1. The summed E-state index contributed by atoms with van der Waals surface area (Å²) in [6.07, 6.45) is 1.53. The van der Waals surface area contributed by atoms with E-state index in [1.54, 1.807) is 6.07 Å². The molecule has 1 heterocycles. The number of carbonyl (C=O) groups is 4. The van der Waals surface area contributed by atoms with Gasteiger partial charge in [-0.1, -0.05) is 42.0 Å². The minimum Gasteiger partial charge on any atom is -0.323 e. The van der Waals surface area contributed by atoms with Crippen LogP contribution in [0.2, 0.25) is 0 Å². The Morgan fingerprint density at radius 3 is 2.58 bits per heavy atom. The van der Waals surface area contributed by atoms with Crippen LogP contribution in [0.15, 0.2) is 42.5 Å². The lowest BCUT2D eigenvalue weighted by molar-refractivity contribution is -0.135. The number of fused-ring (bicyclic) bond motifs is 1. The topological polar surface area (TPSA) is 108 Å². The van der Waals surface area contributed by atoms with Crippen molar-refractivity contribution < 1.29 is 19.2 Å². The third kappa shape index (κ3) is 4.01. The summed E-state index contributed by atoms with van der Waals surface area (Å²) in [7, 11) is 0. The summed E-state index contributed by atoms with van der Waals surface area (Å²) in [6.45, 7) is 3.27. The van der Waals surface area contributed by atoms with Crippen molar-refractivity contribution in [1.82, 2.24) is 15.5 Å². The van der Waals surface area contributed by atoms with E-state index in [0.29, 0.717) is 24.9 Å². The molecule has 1 saturated heterocycles. The van der Waals surface area contributed by atoms with E-state index in [9.17, 15) is 19.2 Å². The quantitative estimate of drug-likeness (QED) is 0.663. The number of aryl methyl sites for hydroxylation is 3. The van der Waals surface area contributed by atoms with Crippen LogP contribution in [0.3, 0.4) is 0 Å². The Balaban J connectivity index is 1.39. The molecule has 2 aromatic rings. The molecular weight excluding hydrogens is 396 g/mol. The SMILES string of the molecule is Cc1ccc(NC(=O)NC(=O)CN2C(=O)NC3(CCc4ccccc4C3)C2=O)c(C)c1. The first-order chi connectivity index (χ1) is 14.8. The monoisotopic (exact) mass is 420 g/mol. The van der Waals surface area contributed by atoms with Gasteiger partial charge in [0.05, 0.1) is 0 Å². The third-order valence-electron chi connectivity index (χ3n) is 5.86. The average Bonchev–Trinajstić information content (AvgIpc) is 2.94. The van der Waals surface area contributed by atoms with Gasteiger partial charge in [0, 0.05) is 12.1 Å². The maximum Gasteiger partial charge on any atom is 0.325 e. The van der Waals surface area contributed by atoms with Gasteiger partial charge in [0.1, 0.15) is 12.1 Å². The molecule has 4 rings (SSSR count). The molecule has 2 aliphatic rings. The number of hydrogen-bond acceptors (Lipinski definition) is 4. The summed E-state index contributed by atoms with van der Waals surface area (Å²) < 4.78 is 0. The molecule has 160 valence electrons. The number of carbonyl (C=O) groups excluding carboxylic acids is 4. The number of amides is 6. The molecule has 0 aromatic heterocycles. The van der Waals surface area contributed by atoms with Crippen LogP contribution in [0.5, 0.6) is 0 Å².